The first kappa shape index (κ1) is 26.2. The van der Waals surface area contributed by atoms with Gasteiger partial charge in [0.2, 0.25) is 5.91 Å². The quantitative estimate of drug-likeness (QED) is 0.260. The Morgan fingerprint density at radius 3 is 2.38 bits per heavy atom. The van der Waals surface area contributed by atoms with Crippen molar-refractivity contribution in [3.05, 3.63) is 54.6 Å². The highest BCUT2D eigenvalue weighted by atomic mass is 79.9. The predicted octanol–water partition coefficient (Wildman–Crippen LogP) is 6.11. The van der Waals surface area contributed by atoms with Crippen LogP contribution in [0, 0.1) is 0 Å². The van der Waals surface area contributed by atoms with E-state index in [9.17, 15) is 9.59 Å². The summed E-state index contributed by atoms with van der Waals surface area (Å²) in [4.78, 5) is 27.4. The number of piperidine rings is 1. The van der Waals surface area contributed by atoms with Gasteiger partial charge in [-0.25, -0.2) is 14.8 Å². The fourth-order valence-electron chi connectivity index (χ4n) is 4.16. The number of unbranched alkanes of at least 4 members (excludes halogenated alkanes) is 2. The third kappa shape index (κ3) is 7.57. The van der Waals surface area contributed by atoms with Crippen LogP contribution in [0.25, 0.3) is 11.1 Å². The molecular weight excluding hydrogens is 494 g/mol. The summed E-state index contributed by atoms with van der Waals surface area (Å²) in [7, 11) is 1.77. The standard InChI is InChI=1S/C27H36BrN3O3/c1-29(26(32)17-7-3-10-18-28)21-22-34-27(33)31(30-19-11-4-12-20-30)25-16-9-8-15-24(25)23-13-5-2-6-14-23/h2,5-6,8-9,13-16H,3-4,7,10-12,17-22H2,1H3. The lowest BCUT2D eigenvalue weighted by Gasteiger charge is -2.37. The second-order valence-corrected chi connectivity index (χ2v) is 9.43. The molecule has 0 bridgehead atoms. The number of carbonyl (C=O) groups excluding carboxylic acids is 2. The number of nitrogens with zero attached hydrogens (tertiary/aromatic N) is 3. The molecule has 2 amide bonds. The summed E-state index contributed by atoms with van der Waals surface area (Å²) in [5.41, 5.74) is 2.86. The molecule has 0 aromatic heterocycles. The summed E-state index contributed by atoms with van der Waals surface area (Å²) in [5, 5.41) is 4.75. The molecule has 184 valence electrons. The molecule has 34 heavy (non-hydrogen) atoms. The van der Waals surface area contributed by atoms with Gasteiger partial charge in [-0.15, -0.1) is 0 Å². The Morgan fingerprint density at radius 1 is 0.941 bits per heavy atom. The number of ether oxygens (including phenoxy) is 1. The number of carbonyl (C=O) groups is 2. The van der Waals surface area contributed by atoms with Gasteiger partial charge in [-0.05, 0) is 37.3 Å². The Hall–Kier alpha value is -2.38. The average Bonchev–Trinajstić information content (AvgIpc) is 2.88. The Labute approximate surface area is 212 Å². The monoisotopic (exact) mass is 529 g/mol. The predicted molar refractivity (Wildman–Crippen MR) is 141 cm³/mol. The van der Waals surface area contributed by atoms with Crippen molar-refractivity contribution >= 4 is 33.6 Å². The number of alkyl halides is 1. The minimum atomic E-state index is -0.400. The molecule has 1 saturated heterocycles. The molecule has 0 atom stereocenters. The molecule has 0 N–H and O–H groups in total. The number of halogens is 1. The van der Waals surface area contributed by atoms with Gasteiger partial charge in [-0.1, -0.05) is 77.3 Å². The lowest BCUT2D eigenvalue weighted by molar-refractivity contribution is -0.130. The molecule has 2 aromatic rings. The molecule has 0 radical (unpaired) electrons. The molecule has 6 nitrogen and oxygen atoms in total. The van der Waals surface area contributed by atoms with Crippen LogP contribution in [-0.2, 0) is 9.53 Å². The van der Waals surface area contributed by atoms with Gasteiger partial charge in [-0.3, -0.25) is 4.79 Å². The molecule has 7 heteroatoms. The first-order chi connectivity index (χ1) is 16.6. The van der Waals surface area contributed by atoms with E-state index >= 15 is 0 Å². The third-order valence-electron chi connectivity index (χ3n) is 6.11. The largest absolute Gasteiger partial charge is 0.446 e. The first-order valence-electron chi connectivity index (χ1n) is 12.3. The van der Waals surface area contributed by atoms with E-state index < -0.39 is 6.09 Å². The van der Waals surface area contributed by atoms with Crippen molar-refractivity contribution in [2.75, 3.05) is 43.6 Å². The van der Waals surface area contributed by atoms with Gasteiger partial charge in [0.15, 0.2) is 0 Å². The lowest BCUT2D eigenvalue weighted by Crippen LogP contribution is -2.50. The van der Waals surface area contributed by atoms with E-state index in [0.29, 0.717) is 13.0 Å². The average molecular weight is 531 g/mol. The van der Waals surface area contributed by atoms with Gasteiger partial charge in [-0.2, -0.15) is 0 Å². The summed E-state index contributed by atoms with van der Waals surface area (Å²) in [6, 6.07) is 18.1. The zero-order chi connectivity index (χ0) is 24.2. The van der Waals surface area contributed by atoms with Gasteiger partial charge in [0, 0.05) is 37.5 Å². The number of hydrogen-bond donors (Lipinski definition) is 0. The molecule has 0 spiro atoms. The van der Waals surface area contributed by atoms with Crippen molar-refractivity contribution in [3.8, 4) is 11.1 Å². The maximum Gasteiger partial charge on any atom is 0.429 e. The van der Waals surface area contributed by atoms with E-state index in [1.807, 2.05) is 42.5 Å². The van der Waals surface area contributed by atoms with Crippen LogP contribution in [0.2, 0.25) is 0 Å². The number of anilines is 1. The van der Waals surface area contributed by atoms with E-state index in [0.717, 1.165) is 67.3 Å². The normalized spacial score (nSPS) is 13.9. The van der Waals surface area contributed by atoms with Gasteiger partial charge >= 0.3 is 6.09 Å². The Bertz CT molecular complexity index is 903. The fourth-order valence-corrected chi connectivity index (χ4v) is 4.55. The topological polar surface area (TPSA) is 53.1 Å². The van der Waals surface area contributed by atoms with E-state index in [-0.39, 0.29) is 12.5 Å². The van der Waals surface area contributed by atoms with Crippen LogP contribution >= 0.6 is 15.9 Å². The van der Waals surface area contributed by atoms with Crippen molar-refractivity contribution in [2.24, 2.45) is 0 Å². The van der Waals surface area contributed by atoms with Crippen LogP contribution in [-0.4, -0.2) is 60.5 Å². The van der Waals surface area contributed by atoms with E-state index in [2.05, 4.69) is 33.1 Å². The molecule has 0 saturated carbocycles. The number of amides is 2. The second kappa shape index (κ2) is 14.1. The van der Waals surface area contributed by atoms with Gasteiger partial charge < -0.3 is 9.64 Å². The molecule has 1 aliphatic heterocycles. The van der Waals surface area contributed by atoms with Crippen molar-refractivity contribution in [1.29, 1.82) is 0 Å². The molecule has 0 aliphatic carbocycles. The number of rotatable bonds is 11. The van der Waals surface area contributed by atoms with Crippen molar-refractivity contribution in [1.82, 2.24) is 9.91 Å². The molecule has 2 aromatic carbocycles. The lowest BCUT2D eigenvalue weighted by atomic mass is 10.0. The maximum absolute atomic E-state index is 13.4. The van der Waals surface area contributed by atoms with Crippen LogP contribution in [0.5, 0.6) is 0 Å². The van der Waals surface area contributed by atoms with E-state index in [1.54, 1.807) is 17.0 Å². The maximum atomic E-state index is 13.4. The summed E-state index contributed by atoms with van der Waals surface area (Å²) in [6.45, 7) is 2.17. The Balaban J connectivity index is 1.68. The number of likely N-dealkylation sites (N-methyl/N-ethyl adjacent to an activating group) is 1. The van der Waals surface area contributed by atoms with Crippen molar-refractivity contribution < 1.29 is 14.3 Å². The van der Waals surface area contributed by atoms with Crippen LogP contribution in [0.15, 0.2) is 54.6 Å². The van der Waals surface area contributed by atoms with Crippen LogP contribution in [0.1, 0.15) is 44.9 Å². The number of benzene rings is 2. The van der Waals surface area contributed by atoms with E-state index in [1.165, 1.54) is 6.42 Å². The minimum Gasteiger partial charge on any atom is -0.446 e. The Morgan fingerprint density at radius 2 is 1.65 bits per heavy atom. The van der Waals surface area contributed by atoms with Crippen molar-refractivity contribution in [3.63, 3.8) is 0 Å². The fraction of sp³-hybridized carbons (Fsp3) is 0.481. The van der Waals surface area contributed by atoms with Gasteiger partial charge in [0.1, 0.15) is 6.61 Å². The number of hydrazine groups is 1. The van der Waals surface area contributed by atoms with Crippen LogP contribution in [0.3, 0.4) is 0 Å². The number of hydrogen-bond acceptors (Lipinski definition) is 4. The van der Waals surface area contributed by atoms with Crippen LogP contribution in [0.4, 0.5) is 10.5 Å². The van der Waals surface area contributed by atoms with Crippen LogP contribution < -0.4 is 5.01 Å². The molecule has 1 heterocycles. The van der Waals surface area contributed by atoms with Crippen molar-refractivity contribution in [2.45, 2.75) is 44.9 Å². The minimum absolute atomic E-state index is 0.0907. The summed E-state index contributed by atoms with van der Waals surface area (Å²) >= 11 is 3.42. The highest BCUT2D eigenvalue weighted by Gasteiger charge is 2.28. The summed E-state index contributed by atoms with van der Waals surface area (Å²) < 4.78 is 5.71. The zero-order valence-corrected chi connectivity index (χ0v) is 21.7. The van der Waals surface area contributed by atoms with E-state index in [4.69, 9.17) is 4.74 Å². The highest BCUT2D eigenvalue weighted by molar-refractivity contribution is 9.09. The van der Waals surface area contributed by atoms with Gasteiger partial charge in [0.25, 0.3) is 0 Å². The highest BCUT2D eigenvalue weighted by Crippen LogP contribution is 2.33. The molecule has 0 unspecified atom stereocenters. The SMILES string of the molecule is CN(CCOC(=O)N(c1ccccc1-c1ccccc1)N1CCCCC1)C(=O)CCCCCBr. The summed E-state index contributed by atoms with van der Waals surface area (Å²) in [6.07, 6.45) is 6.38. The second-order valence-electron chi connectivity index (χ2n) is 8.64. The molecule has 1 aliphatic rings. The molecular formula is C27H36BrN3O3. The van der Waals surface area contributed by atoms with Gasteiger partial charge in [0.05, 0.1) is 12.2 Å². The smallest absolute Gasteiger partial charge is 0.429 e. The number of para-hydroxylation sites is 1. The molecule has 3 rings (SSSR count). The zero-order valence-electron chi connectivity index (χ0n) is 20.1. The third-order valence-corrected chi connectivity index (χ3v) is 6.67. The molecule has 1 fully saturated rings. The summed E-state index contributed by atoms with van der Waals surface area (Å²) in [5.74, 6) is 0.0907. The first-order valence-corrected chi connectivity index (χ1v) is 13.4. The Kier molecular flexibility index (Phi) is 10.9.